The molecule has 0 radical (unpaired) electrons. The van der Waals surface area contributed by atoms with Gasteiger partial charge in [-0.3, -0.25) is 9.52 Å². The van der Waals surface area contributed by atoms with Crippen molar-refractivity contribution in [2.45, 2.75) is 42.9 Å². The molecule has 2 aromatic carbocycles. The molecule has 2 aromatic rings. The van der Waals surface area contributed by atoms with Crippen LogP contribution in [0.5, 0.6) is 0 Å². The molecule has 2 unspecified atom stereocenters. The third-order valence-electron chi connectivity index (χ3n) is 5.77. The number of thioether (sulfide) groups is 1. The van der Waals surface area contributed by atoms with Crippen LogP contribution >= 0.6 is 11.8 Å². The minimum Gasteiger partial charge on any atom is -0.480 e. The molecule has 0 bridgehead atoms. The van der Waals surface area contributed by atoms with Crippen molar-refractivity contribution in [3.8, 4) is 0 Å². The van der Waals surface area contributed by atoms with Crippen molar-refractivity contribution in [1.82, 2.24) is 4.31 Å². The Labute approximate surface area is 197 Å². The minimum atomic E-state index is -3.81. The standard InChI is InChI=1S/C22H24N2O6S3/c1-3-18(22(25)26)24-13-20-21(33(24,29)30)12-19(31-20)15-6-8-16(9-7-15)23-32(27,28)17-10-4-14(2)5-11-17/h4-11,18-19,23H,3,12-13H2,1-2H3,(H,25,26). The van der Waals surface area contributed by atoms with Crippen LogP contribution in [0.15, 0.2) is 63.2 Å². The van der Waals surface area contributed by atoms with Gasteiger partial charge in [0.1, 0.15) is 6.04 Å². The van der Waals surface area contributed by atoms with Gasteiger partial charge in [-0.05, 0) is 43.2 Å². The predicted octanol–water partition coefficient (Wildman–Crippen LogP) is 3.69. The molecular formula is C22H24N2O6S3. The van der Waals surface area contributed by atoms with Gasteiger partial charge in [0.15, 0.2) is 0 Å². The number of sulfonamides is 2. The van der Waals surface area contributed by atoms with Gasteiger partial charge in [0, 0.05) is 28.8 Å². The van der Waals surface area contributed by atoms with Crippen molar-refractivity contribution in [2.75, 3.05) is 11.3 Å². The second-order valence-corrected chi connectivity index (χ2v) is 12.9. The van der Waals surface area contributed by atoms with Gasteiger partial charge >= 0.3 is 5.97 Å². The lowest BCUT2D eigenvalue weighted by Crippen LogP contribution is -2.42. The van der Waals surface area contributed by atoms with Gasteiger partial charge in [0.2, 0.25) is 10.0 Å². The number of carboxylic acids is 1. The summed E-state index contributed by atoms with van der Waals surface area (Å²) in [6, 6.07) is 12.4. The van der Waals surface area contributed by atoms with Crippen LogP contribution in [0.3, 0.4) is 0 Å². The SMILES string of the molecule is CCC(C(=O)O)N1CC2=C(CC(c3ccc(NS(=O)(=O)c4ccc(C)cc4)cc3)S2)S1(=O)=O. The Morgan fingerprint density at radius 1 is 1.18 bits per heavy atom. The molecule has 2 aliphatic heterocycles. The molecule has 0 saturated carbocycles. The largest absolute Gasteiger partial charge is 0.480 e. The molecule has 0 aliphatic carbocycles. The molecule has 33 heavy (non-hydrogen) atoms. The first-order valence-corrected chi connectivity index (χ1v) is 14.2. The Hall–Kier alpha value is -2.34. The highest BCUT2D eigenvalue weighted by Gasteiger charge is 2.47. The second kappa shape index (κ2) is 8.79. The van der Waals surface area contributed by atoms with Crippen molar-refractivity contribution < 1.29 is 26.7 Å². The maximum Gasteiger partial charge on any atom is 0.322 e. The Morgan fingerprint density at radius 3 is 2.36 bits per heavy atom. The lowest BCUT2D eigenvalue weighted by atomic mass is 10.1. The number of nitrogens with zero attached hydrogens (tertiary/aromatic N) is 1. The van der Waals surface area contributed by atoms with E-state index in [-0.39, 0.29) is 29.5 Å². The molecule has 11 heteroatoms. The molecule has 8 nitrogen and oxygen atoms in total. The summed E-state index contributed by atoms with van der Waals surface area (Å²) in [6.07, 6.45) is 0.479. The number of carboxylic acid groups (broad SMARTS) is 1. The number of nitrogens with one attached hydrogen (secondary N) is 1. The summed E-state index contributed by atoms with van der Waals surface area (Å²) in [5, 5.41) is 9.25. The van der Waals surface area contributed by atoms with Crippen LogP contribution in [-0.2, 0) is 24.8 Å². The van der Waals surface area contributed by atoms with Crippen molar-refractivity contribution in [1.29, 1.82) is 0 Å². The van der Waals surface area contributed by atoms with Gasteiger partial charge in [-0.2, -0.15) is 4.31 Å². The van der Waals surface area contributed by atoms with Crippen LogP contribution in [0.25, 0.3) is 0 Å². The highest BCUT2D eigenvalue weighted by Crippen LogP contribution is 2.53. The van der Waals surface area contributed by atoms with Crippen molar-refractivity contribution in [2.24, 2.45) is 0 Å². The van der Waals surface area contributed by atoms with Crippen LogP contribution in [0.4, 0.5) is 5.69 Å². The van der Waals surface area contributed by atoms with Crippen molar-refractivity contribution >= 4 is 43.5 Å². The number of anilines is 1. The fraction of sp³-hybridized carbons (Fsp3) is 0.318. The fourth-order valence-electron chi connectivity index (χ4n) is 3.97. The fourth-order valence-corrected chi connectivity index (χ4v) is 8.87. The van der Waals surface area contributed by atoms with Gasteiger partial charge in [0.25, 0.3) is 10.0 Å². The summed E-state index contributed by atoms with van der Waals surface area (Å²) in [7, 11) is -7.52. The van der Waals surface area contributed by atoms with E-state index in [1.54, 1.807) is 55.5 Å². The molecule has 0 fully saturated rings. The van der Waals surface area contributed by atoms with Gasteiger partial charge in [-0.15, -0.1) is 11.8 Å². The molecule has 2 N–H and O–H groups in total. The third-order valence-corrected chi connectivity index (χ3v) is 10.7. The zero-order valence-electron chi connectivity index (χ0n) is 18.1. The van der Waals surface area contributed by atoms with Gasteiger partial charge < -0.3 is 5.11 Å². The maximum absolute atomic E-state index is 12.9. The van der Waals surface area contributed by atoms with E-state index in [9.17, 15) is 26.7 Å². The summed E-state index contributed by atoms with van der Waals surface area (Å²) in [5.41, 5.74) is 2.25. The first kappa shape index (κ1) is 23.8. The topological polar surface area (TPSA) is 121 Å². The number of rotatable bonds is 7. The molecule has 2 atom stereocenters. The average molecular weight is 509 g/mol. The van der Waals surface area contributed by atoms with Crippen molar-refractivity contribution in [3.63, 3.8) is 0 Å². The Balaban J connectivity index is 1.46. The normalized spacial score (nSPS) is 21.1. The quantitative estimate of drug-likeness (QED) is 0.585. The van der Waals surface area contributed by atoms with Crippen LogP contribution in [0.1, 0.15) is 36.1 Å². The van der Waals surface area contributed by atoms with Crippen LogP contribution in [0, 0.1) is 6.92 Å². The number of allylic oxidation sites excluding steroid dienone is 1. The second-order valence-electron chi connectivity index (χ2n) is 8.01. The molecule has 2 aliphatic rings. The van der Waals surface area contributed by atoms with Gasteiger partial charge in [-0.25, -0.2) is 16.8 Å². The predicted molar refractivity (Wildman–Crippen MR) is 128 cm³/mol. The summed E-state index contributed by atoms with van der Waals surface area (Å²) in [5.74, 6) is -1.15. The third kappa shape index (κ3) is 4.54. The number of hydrogen-bond donors (Lipinski definition) is 2. The molecule has 0 saturated heterocycles. The highest BCUT2D eigenvalue weighted by molar-refractivity contribution is 8.05. The summed E-state index contributed by atoms with van der Waals surface area (Å²) in [6.45, 7) is 3.62. The summed E-state index contributed by atoms with van der Waals surface area (Å²) >= 11 is 1.42. The van der Waals surface area contributed by atoms with Crippen LogP contribution in [-0.4, -0.2) is 44.8 Å². The first-order valence-electron chi connectivity index (χ1n) is 10.4. The van der Waals surface area contributed by atoms with E-state index >= 15 is 0 Å². The lowest BCUT2D eigenvalue weighted by Gasteiger charge is -2.24. The van der Waals surface area contributed by atoms with Gasteiger partial charge in [-0.1, -0.05) is 36.8 Å². The number of carbonyl (C=O) groups is 1. The maximum atomic E-state index is 12.9. The Bertz CT molecular complexity index is 1320. The highest BCUT2D eigenvalue weighted by atomic mass is 32.2. The van der Waals surface area contributed by atoms with Crippen molar-refractivity contribution in [3.05, 3.63) is 69.5 Å². The Morgan fingerprint density at radius 2 is 1.82 bits per heavy atom. The molecule has 176 valence electrons. The molecule has 0 aromatic heterocycles. The lowest BCUT2D eigenvalue weighted by molar-refractivity contribution is -0.141. The van der Waals surface area contributed by atoms with E-state index in [0.717, 1.165) is 15.4 Å². The minimum absolute atomic E-state index is 0.0814. The summed E-state index contributed by atoms with van der Waals surface area (Å²) < 4.78 is 54.7. The number of aliphatic carboxylic acids is 1. The van der Waals surface area contributed by atoms with Gasteiger partial charge in [0.05, 0.1) is 9.80 Å². The summed E-state index contributed by atoms with van der Waals surface area (Å²) in [4.78, 5) is 12.6. The number of hydrogen-bond acceptors (Lipinski definition) is 6. The zero-order valence-corrected chi connectivity index (χ0v) is 20.5. The number of aryl methyl sites for hydroxylation is 1. The molecule has 0 amide bonds. The number of benzene rings is 2. The van der Waals surface area contributed by atoms with E-state index in [4.69, 9.17) is 0 Å². The van der Waals surface area contributed by atoms with E-state index in [0.29, 0.717) is 15.5 Å². The van der Waals surface area contributed by atoms with E-state index in [2.05, 4.69) is 4.72 Å². The van der Waals surface area contributed by atoms with Crippen LogP contribution < -0.4 is 4.72 Å². The molecule has 4 rings (SSSR count). The van der Waals surface area contributed by atoms with E-state index < -0.39 is 32.1 Å². The van der Waals surface area contributed by atoms with E-state index in [1.807, 2.05) is 6.92 Å². The zero-order chi connectivity index (χ0) is 24.0. The smallest absolute Gasteiger partial charge is 0.322 e. The molecular weight excluding hydrogens is 484 g/mol. The molecule has 0 spiro atoms. The first-order chi connectivity index (χ1) is 15.5. The molecule has 2 heterocycles. The monoisotopic (exact) mass is 508 g/mol. The van der Waals surface area contributed by atoms with E-state index in [1.165, 1.54) is 11.8 Å². The van der Waals surface area contributed by atoms with Crippen LogP contribution in [0.2, 0.25) is 0 Å². The average Bonchev–Trinajstić information content (AvgIpc) is 3.28. The Kier molecular flexibility index (Phi) is 6.34.